The van der Waals surface area contributed by atoms with Crippen LogP contribution in [0.4, 0.5) is 0 Å². The van der Waals surface area contributed by atoms with Gasteiger partial charge in [0.15, 0.2) is 5.96 Å². The maximum Gasteiger partial charge on any atom is 0.191 e. The van der Waals surface area contributed by atoms with Gasteiger partial charge in [0, 0.05) is 59.0 Å². The number of ether oxygens (including phenoxy) is 1. The lowest BCUT2D eigenvalue weighted by molar-refractivity contribution is 0.144. The van der Waals surface area contributed by atoms with Crippen molar-refractivity contribution in [3.8, 4) is 0 Å². The maximum atomic E-state index is 5.22. The van der Waals surface area contributed by atoms with Crippen LogP contribution in [0.3, 0.4) is 0 Å². The first kappa shape index (κ1) is 23.9. The number of rotatable bonds is 11. The standard InChI is InChI=1S/C19H39N5O.HI/c1-17-7-4-5-12-23(17)13-6-10-21-19(20-2)22-11-14-24(15-16-25-3)18-8-9-18;/h17-18H,4-16H2,1-3H3,(H2,20,21,22);1H. The molecule has 1 aliphatic heterocycles. The average Bonchev–Trinajstić information content (AvgIpc) is 3.46. The number of likely N-dealkylation sites (tertiary alicyclic amines) is 1. The summed E-state index contributed by atoms with van der Waals surface area (Å²) in [5, 5.41) is 6.90. The second-order valence-corrected chi connectivity index (χ2v) is 7.42. The second-order valence-electron chi connectivity index (χ2n) is 7.42. The summed E-state index contributed by atoms with van der Waals surface area (Å²) < 4.78 is 5.22. The van der Waals surface area contributed by atoms with Crippen molar-refractivity contribution in [3.63, 3.8) is 0 Å². The number of aliphatic imine (C=N–C) groups is 1. The number of hydrogen-bond acceptors (Lipinski definition) is 4. The van der Waals surface area contributed by atoms with E-state index in [-0.39, 0.29) is 24.0 Å². The third kappa shape index (κ3) is 9.19. The smallest absolute Gasteiger partial charge is 0.191 e. The Morgan fingerprint density at radius 3 is 2.58 bits per heavy atom. The Morgan fingerprint density at radius 2 is 1.92 bits per heavy atom. The SMILES string of the molecule is CN=C(NCCCN1CCCCC1C)NCCN(CCOC)C1CC1.I. The Balaban J connectivity index is 0.00000338. The van der Waals surface area contributed by atoms with Crippen molar-refractivity contribution in [2.24, 2.45) is 4.99 Å². The molecule has 0 aromatic carbocycles. The summed E-state index contributed by atoms with van der Waals surface area (Å²) in [4.78, 5) is 9.50. The molecule has 0 bridgehead atoms. The number of nitrogens with one attached hydrogen (secondary N) is 2. The van der Waals surface area contributed by atoms with Crippen LogP contribution in [0.25, 0.3) is 0 Å². The van der Waals surface area contributed by atoms with Gasteiger partial charge in [-0.2, -0.15) is 0 Å². The molecule has 1 aliphatic carbocycles. The van der Waals surface area contributed by atoms with Crippen LogP contribution in [-0.4, -0.2) is 87.9 Å². The Morgan fingerprint density at radius 1 is 1.15 bits per heavy atom. The van der Waals surface area contributed by atoms with Crippen molar-refractivity contribution in [1.29, 1.82) is 0 Å². The monoisotopic (exact) mass is 481 g/mol. The first-order valence-corrected chi connectivity index (χ1v) is 10.2. The molecule has 0 spiro atoms. The van der Waals surface area contributed by atoms with Crippen molar-refractivity contribution in [2.45, 2.75) is 57.5 Å². The molecule has 2 N–H and O–H groups in total. The molecule has 0 amide bonds. The molecule has 0 aromatic rings. The molecule has 1 saturated heterocycles. The summed E-state index contributed by atoms with van der Waals surface area (Å²) in [6, 6.07) is 1.53. The van der Waals surface area contributed by atoms with E-state index in [0.717, 1.165) is 50.8 Å². The van der Waals surface area contributed by atoms with E-state index < -0.39 is 0 Å². The predicted octanol–water partition coefficient (Wildman–Crippen LogP) is 2.14. The fraction of sp³-hybridized carbons (Fsp3) is 0.947. The lowest BCUT2D eigenvalue weighted by atomic mass is 10.0. The van der Waals surface area contributed by atoms with Gasteiger partial charge < -0.3 is 20.3 Å². The molecule has 2 aliphatic rings. The van der Waals surface area contributed by atoms with Gasteiger partial charge >= 0.3 is 0 Å². The van der Waals surface area contributed by atoms with E-state index in [0.29, 0.717) is 0 Å². The van der Waals surface area contributed by atoms with Gasteiger partial charge in [0.25, 0.3) is 0 Å². The Labute approximate surface area is 177 Å². The van der Waals surface area contributed by atoms with Gasteiger partial charge in [-0.05, 0) is 45.6 Å². The second kappa shape index (κ2) is 14.0. The highest BCUT2D eigenvalue weighted by molar-refractivity contribution is 14.0. The third-order valence-corrected chi connectivity index (χ3v) is 5.42. The lowest BCUT2D eigenvalue weighted by Gasteiger charge is -2.33. The Bertz CT molecular complexity index is 392. The lowest BCUT2D eigenvalue weighted by Crippen LogP contribution is -2.44. The number of methoxy groups -OCH3 is 1. The highest BCUT2D eigenvalue weighted by Gasteiger charge is 2.28. The minimum atomic E-state index is 0. The quantitative estimate of drug-likeness (QED) is 0.205. The molecule has 2 rings (SSSR count). The zero-order chi connectivity index (χ0) is 17.9. The zero-order valence-electron chi connectivity index (χ0n) is 17.0. The molecular formula is C19H40IN5O. The molecule has 7 heteroatoms. The maximum absolute atomic E-state index is 5.22. The van der Waals surface area contributed by atoms with Crippen molar-refractivity contribution >= 4 is 29.9 Å². The fourth-order valence-electron chi connectivity index (χ4n) is 3.64. The van der Waals surface area contributed by atoms with E-state index in [2.05, 4.69) is 32.3 Å². The minimum absolute atomic E-state index is 0. The molecule has 0 radical (unpaired) electrons. The molecule has 154 valence electrons. The van der Waals surface area contributed by atoms with Crippen molar-refractivity contribution in [2.75, 3.05) is 60.0 Å². The zero-order valence-corrected chi connectivity index (χ0v) is 19.3. The summed E-state index contributed by atoms with van der Waals surface area (Å²) in [7, 11) is 3.63. The summed E-state index contributed by atoms with van der Waals surface area (Å²) in [6.45, 7) is 9.65. The molecule has 1 heterocycles. The number of halogens is 1. The van der Waals surface area contributed by atoms with E-state index >= 15 is 0 Å². The van der Waals surface area contributed by atoms with Crippen LogP contribution in [0.5, 0.6) is 0 Å². The molecule has 1 saturated carbocycles. The van der Waals surface area contributed by atoms with Gasteiger partial charge in [-0.1, -0.05) is 6.42 Å². The average molecular weight is 481 g/mol. The van der Waals surface area contributed by atoms with Crippen molar-refractivity contribution in [3.05, 3.63) is 0 Å². The molecule has 1 atom stereocenters. The van der Waals surface area contributed by atoms with Crippen molar-refractivity contribution in [1.82, 2.24) is 20.4 Å². The molecule has 26 heavy (non-hydrogen) atoms. The van der Waals surface area contributed by atoms with E-state index in [4.69, 9.17) is 4.74 Å². The normalized spacial score (nSPS) is 21.5. The summed E-state index contributed by atoms with van der Waals surface area (Å²) in [5.74, 6) is 0.925. The molecule has 1 unspecified atom stereocenters. The van der Waals surface area contributed by atoms with Crippen LogP contribution in [0.1, 0.15) is 45.4 Å². The van der Waals surface area contributed by atoms with E-state index in [9.17, 15) is 0 Å². The van der Waals surface area contributed by atoms with Crippen LogP contribution < -0.4 is 10.6 Å². The summed E-state index contributed by atoms with van der Waals surface area (Å²) >= 11 is 0. The van der Waals surface area contributed by atoms with Crippen molar-refractivity contribution < 1.29 is 4.74 Å². The number of guanidine groups is 1. The van der Waals surface area contributed by atoms with E-state index in [1.54, 1.807) is 7.11 Å². The molecule has 6 nitrogen and oxygen atoms in total. The fourth-order valence-corrected chi connectivity index (χ4v) is 3.64. The molecular weight excluding hydrogens is 441 g/mol. The molecule has 2 fully saturated rings. The van der Waals surface area contributed by atoms with Gasteiger partial charge in [-0.3, -0.25) is 9.89 Å². The van der Waals surface area contributed by atoms with Gasteiger partial charge in [0.1, 0.15) is 0 Å². The largest absolute Gasteiger partial charge is 0.383 e. The number of nitrogens with zero attached hydrogens (tertiary/aromatic N) is 3. The van der Waals surface area contributed by atoms with E-state index in [1.165, 1.54) is 51.6 Å². The Kier molecular flexibility index (Phi) is 12.8. The van der Waals surface area contributed by atoms with Crippen LogP contribution in [0, 0.1) is 0 Å². The minimum Gasteiger partial charge on any atom is -0.383 e. The number of piperidine rings is 1. The predicted molar refractivity (Wildman–Crippen MR) is 121 cm³/mol. The molecule has 0 aromatic heterocycles. The van der Waals surface area contributed by atoms with Gasteiger partial charge in [0.05, 0.1) is 6.61 Å². The topological polar surface area (TPSA) is 52.1 Å². The van der Waals surface area contributed by atoms with Crippen LogP contribution in [0.15, 0.2) is 4.99 Å². The first-order valence-electron chi connectivity index (χ1n) is 10.2. The van der Waals surface area contributed by atoms with Crippen LogP contribution >= 0.6 is 24.0 Å². The Hall–Kier alpha value is -0.120. The van der Waals surface area contributed by atoms with Gasteiger partial charge in [0.2, 0.25) is 0 Å². The first-order chi connectivity index (χ1) is 12.2. The summed E-state index contributed by atoms with van der Waals surface area (Å²) in [5.41, 5.74) is 0. The van der Waals surface area contributed by atoms with Crippen LogP contribution in [-0.2, 0) is 4.74 Å². The highest BCUT2D eigenvalue weighted by Crippen LogP contribution is 2.25. The number of hydrogen-bond donors (Lipinski definition) is 2. The van der Waals surface area contributed by atoms with Gasteiger partial charge in [-0.25, -0.2) is 0 Å². The third-order valence-electron chi connectivity index (χ3n) is 5.42. The van der Waals surface area contributed by atoms with Crippen LogP contribution in [0.2, 0.25) is 0 Å². The summed E-state index contributed by atoms with van der Waals surface area (Å²) in [6.07, 6.45) is 7.97. The van der Waals surface area contributed by atoms with Gasteiger partial charge in [-0.15, -0.1) is 24.0 Å². The highest BCUT2D eigenvalue weighted by atomic mass is 127. The van der Waals surface area contributed by atoms with E-state index in [1.807, 2.05) is 7.05 Å².